The van der Waals surface area contributed by atoms with Gasteiger partial charge in [0.05, 0.1) is 5.69 Å². The summed E-state index contributed by atoms with van der Waals surface area (Å²) >= 11 is 0. The van der Waals surface area contributed by atoms with Crippen LogP contribution in [0.15, 0.2) is 48.7 Å². The van der Waals surface area contributed by atoms with E-state index < -0.39 is 0 Å². The molecule has 4 rings (SSSR count). The maximum atomic E-state index is 12.5. The van der Waals surface area contributed by atoms with Crippen molar-refractivity contribution in [2.24, 2.45) is 0 Å². The van der Waals surface area contributed by atoms with Gasteiger partial charge in [0, 0.05) is 23.5 Å². The Hall–Kier alpha value is -3.02. The highest BCUT2D eigenvalue weighted by Gasteiger charge is 2.26. The molecule has 0 unspecified atom stereocenters. The average Bonchev–Trinajstić information content (AvgIpc) is 3.38. The van der Waals surface area contributed by atoms with Crippen molar-refractivity contribution >= 4 is 11.9 Å². The quantitative estimate of drug-likeness (QED) is 0.777. The minimum Gasteiger partial charge on any atom is -0.289 e. The number of carbonyl (C=O) groups excluding carboxylic acids is 1. The Morgan fingerprint density at radius 1 is 1.20 bits per heavy atom. The smallest absolute Gasteiger partial charge is 0.278 e. The Morgan fingerprint density at radius 2 is 2.00 bits per heavy atom. The van der Waals surface area contributed by atoms with E-state index in [1.807, 2.05) is 43.3 Å². The van der Waals surface area contributed by atoms with E-state index in [0.717, 1.165) is 36.3 Å². The van der Waals surface area contributed by atoms with Gasteiger partial charge >= 0.3 is 0 Å². The van der Waals surface area contributed by atoms with Gasteiger partial charge in [-0.1, -0.05) is 25.1 Å². The molecule has 0 saturated heterocycles. The summed E-state index contributed by atoms with van der Waals surface area (Å²) in [5.74, 6) is 0.575. The summed E-state index contributed by atoms with van der Waals surface area (Å²) in [6.07, 6.45) is 4.90. The third-order valence-electron chi connectivity index (χ3n) is 4.22. The Kier molecular flexibility index (Phi) is 4.01. The molecule has 1 aromatic carbocycles. The molecule has 6 heteroatoms. The number of amides is 1. The number of anilines is 1. The Morgan fingerprint density at radius 3 is 2.72 bits per heavy atom. The van der Waals surface area contributed by atoms with Crippen LogP contribution in [-0.2, 0) is 6.42 Å². The molecule has 126 valence electrons. The number of carbonyl (C=O) groups is 1. The van der Waals surface area contributed by atoms with Crippen LogP contribution in [0.25, 0.3) is 5.69 Å². The van der Waals surface area contributed by atoms with E-state index in [1.165, 1.54) is 0 Å². The first-order valence-electron chi connectivity index (χ1n) is 8.53. The molecule has 1 N–H and O–H groups in total. The van der Waals surface area contributed by atoms with E-state index in [2.05, 4.69) is 20.4 Å². The molecule has 2 aromatic heterocycles. The second kappa shape index (κ2) is 6.47. The zero-order chi connectivity index (χ0) is 17.2. The van der Waals surface area contributed by atoms with Crippen LogP contribution in [0.5, 0.6) is 0 Å². The largest absolute Gasteiger partial charge is 0.289 e. The van der Waals surface area contributed by atoms with Gasteiger partial charge in [-0.2, -0.15) is 5.10 Å². The first kappa shape index (κ1) is 15.5. The van der Waals surface area contributed by atoms with E-state index in [9.17, 15) is 4.79 Å². The third-order valence-corrected chi connectivity index (χ3v) is 4.22. The molecule has 0 bridgehead atoms. The van der Waals surface area contributed by atoms with Crippen molar-refractivity contribution in [3.63, 3.8) is 0 Å². The van der Waals surface area contributed by atoms with Crippen LogP contribution in [0.3, 0.4) is 0 Å². The lowest BCUT2D eigenvalue weighted by atomic mass is 10.2. The predicted molar refractivity (Wildman–Crippen MR) is 94.9 cm³/mol. The number of rotatable bonds is 5. The molecule has 1 amide bonds. The van der Waals surface area contributed by atoms with E-state index in [0.29, 0.717) is 17.6 Å². The first-order chi connectivity index (χ1) is 12.2. The van der Waals surface area contributed by atoms with Crippen molar-refractivity contribution in [2.75, 3.05) is 5.32 Å². The van der Waals surface area contributed by atoms with Crippen molar-refractivity contribution in [1.82, 2.24) is 19.7 Å². The van der Waals surface area contributed by atoms with Gasteiger partial charge < -0.3 is 0 Å². The monoisotopic (exact) mass is 333 g/mol. The molecular formula is C19H19N5O. The Balaban J connectivity index is 1.54. The summed E-state index contributed by atoms with van der Waals surface area (Å²) < 4.78 is 1.67. The molecule has 1 saturated carbocycles. The minimum atomic E-state index is -0.301. The van der Waals surface area contributed by atoms with Crippen LogP contribution in [0.1, 0.15) is 47.6 Å². The summed E-state index contributed by atoms with van der Waals surface area (Å²) in [7, 11) is 0. The normalized spacial score (nSPS) is 13.6. The molecular weight excluding hydrogens is 314 g/mol. The Labute approximate surface area is 145 Å². The number of nitrogens with zero attached hydrogens (tertiary/aromatic N) is 4. The van der Waals surface area contributed by atoms with Crippen LogP contribution in [0.2, 0.25) is 0 Å². The van der Waals surface area contributed by atoms with E-state index in [4.69, 9.17) is 0 Å². The SMILES string of the molecule is CCc1cc(C2CC2)nc(NC(=O)c2ccn(-c3ccccc3)n2)n1. The standard InChI is InChI=1S/C19H19N5O/c1-2-14-12-17(13-8-9-13)21-19(20-14)22-18(25)16-10-11-24(23-16)15-6-4-3-5-7-15/h3-7,10-13H,2,8-9H2,1H3,(H,20,21,22,25). The fraction of sp³-hybridized carbons (Fsp3) is 0.263. The number of benzene rings is 1. The fourth-order valence-electron chi connectivity index (χ4n) is 2.68. The van der Waals surface area contributed by atoms with Crippen molar-refractivity contribution in [3.8, 4) is 5.69 Å². The molecule has 3 aromatic rings. The molecule has 0 radical (unpaired) electrons. The topological polar surface area (TPSA) is 72.7 Å². The molecule has 0 spiro atoms. The molecule has 0 atom stereocenters. The van der Waals surface area contributed by atoms with Crippen LogP contribution in [0.4, 0.5) is 5.95 Å². The molecule has 2 heterocycles. The first-order valence-corrected chi connectivity index (χ1v) is 8.53. The highest BCUT2D eigenvalue weighted by atomic mass is 16.2. The molecule has 1 aliphatic rings. The van der Waals surface area contributed by atoms with Gasteiger partial charge in [-0.3, -0.25) is 10.1 Å². The number of para-hydroxylation sites is 1. The van der Waals surface area contributed by atoms with Crippen LogP contribution >= 0.6 is 0 Å². The Bertz CT molecular complexity index is 899. The lowest BCUT2D eigenvalue weighted by molar-refractivity contribution is 0.102. The molecule has 1 aliphatic carbocycles. The van der Waals surface area contributed by atoms with Crippen molar-refractivity contribution in [3.05, 3.63) is 65.7 Å². The van der Waals surface area contributed by atoms with Gasteiger partial charge in [0.2, 0.25) is 5.95 Å². The van der Waals surface area contributed by atoms with E-state index >= 15 is 0 Å². The molecule has 1 fully saturated rings. The van der Waals surface area contributed by atoms with Crippen LogP contribution in [0, 0.1) is 0 Å². The van der Waals surface area contributed by atoms with Crippen LogP contribution < -0.4 is 5.32 Å². The maximum absolute atomic E-state index is 12.5. The van der Waals surface area contributed by atoms with E-state index in [-0.39, 0.29) is 5.91 Å². The van der Waals surface area contributed by atoms with Gasteiger partial charge in [0.25, 0.3) is 5.91 Å². The number of hydrogen-bond donors (Lipinski definition) is 1. The lowest BCUT2D eigenvalue weighted by Gasteiger charge is -2.07. The predicted octanol–water partition coefficient (Wildman–Crippen LogP) is 3.35. The van der Waals surface area contributed by atoms with Gasteiger partial charge in [-0.15, -0.1) is 0 Å². The highest BCUT2D eigenvalue weighted by molar-refractivity contribution is 6.01. The van der Waals surface area contributed by atoms with Gasteiger partial charge in [0.15, 0.2) is 5.69 Å². The summed E-state index contributed by atoms with van der Waals surface area (Å²) in [5, 5.41) is 7.12. The zero-order valence-electron chi connectivity index (χ0n) is 14.0. The second-order valence-corrected chi connectivity index (χ2v) is 6.17. The van der Waals surface area contributed by atoms with Crippen molar-refractivity contribution in [2.45, 2.75) is 32.1 Å². The van der Waals surface area contributed by atoms with Gasteiger partial charge in [-0.05, 0) is 43.5 Å². The fourth-order valence-corrected chi connectivity index (χ4v) is 2.68. The summed E-state index contributed by atoms with van der Waals surface area (Å²) in [5.41, 5.74) is 3.21. The van der Waals surface area contributed by atoms with Gasteiger partial charge in [-0.25, -0.2) is 14.6 Å². The summed E-state index contributed by atoms with van der Waals surface area (Å²) in [4.78, 5) is 21.4. The molecule has 0 aliphatic heterocycles. The second-order valence-electron chi connectivity index (χ2n) is 6.17. The number of hydrogen-bond acceptors (Lipinski definition) is 4. The zero-order valence-corrected chi connectivity index (χ0v) is 14.0. The summed E-state index contributed by atoms with van der Waals surface area (Å²) in [6.45, 7) is 2.05. The minimum absolute atomic E-state index is 0.301. The number of aryl methyl sites for hydroxylation is 1. The summed E-state index contributed by atoms with van der Waals surface area (Å²) in [6, 6.07) is 13.4. The van der Waals surface area contributed by atoms with Crippen LogP contribution in [-0.4, -0.2) is 25.7 Å². The van der Waals surface area contributed by atoms with Gasteiger partial charge in [0.1, 0.15) is 0 Å². The molecule has 6 nitrogen and oxygen atoms in total. The number of nitrogens with one attached hydrogen (secondary N) is 1. The number of aromatic nitrogens is 4. The molecule has 25 heavy (non-hydrogen) atoms. The lowest BCUT2D eigenvalue weighted by Crippen LogP contribution is -2.16. The average molecular weight is 333 g/mol. The highest BCUT2D eigenvalue weighted by Crippen LogP contribution is 2.39. The van der Waals surface area contributed by atoms with Crippen molar-refractivity contribution in [1.29, 1.82) is 0 Å². The third kappa shape index (κ3) is 3.42. The van der Waals surface area contributed by atoms with Crippen molar-refractivity contribution < 1.29 is 4.79 Å². The van der Waals surface area contributed by atoms with E-state index in [1.54, 1.807) is 16.9 Å². The maximum Gasteiger partial charge on any atom is 0.278 e.